The molecule has 0 saturated carbocycles. The van der Waals surface area contributed by atoms with Gasteiger partial charge in [0.05, 0.1) is 70.9 Å². The minimum Gasteiger partial charge on any atom is -0.446 e. The summed E-state index contributed by atoms with van der Waals surface area (Å²) < 4.78 is 49.3. The molecule has 376 valence electrons. The van der Waals surface area contributed by atoms with Crippen molar-refractivity contribution in [3.63, 3.8) is 0 Å². The van der Waals surface area contributed by atoms with Crippen molar-refractivity contribution in [2.45, 2.75) is 71.2 Å². The van der Waals surface area contributed by atoms with Crippen LogP contribution in [0.2, 0.25) is 25.7 Å². The molecule has 2 amide bonds. The van der Waals surface area contributed by atoms with E-state index in [1.54, 1.807) is 72.6 Å². The quantitative estimate of drug-likeness (QED) is 0.0645. The first kappa shape index (κ1) is 50.0. The first-order valence-corrected chi connectivity index (χ1v) is 27.0. The molecule has 3 N–H and O–H groups in total. The van der Waals surface area contributed by atoms with Crippen molar-refractivity contribution in [2.75, 3.05) is 6.61 Å². The number of aromatic amines is 1. The number of nitrogens with zero attached hydrogens (tertiary/aromatic N) is 13. The molecule has 0 aliphatic carbocycles. The van der Waals surface area contributed by atoms with Gasteiger partial charge in [0.1, 0.15) is 76.8 Å². The van der Waals surface area contributed by atoms with Crippen LogP contribution in [0, 0.1) is 34.3 Å². The fourth-order valence-electron chi connectivity index (χ4n) is 8.03. The summed E-state index contributed by atoms with van der Waals surface area (Å²) in [6.45, 7) is 11.1. The average molecular weight is 1020 g/mol. The van der Waals surface area contributed by atoms with Gasteiger partial charge >= 0.3 is 0 Å². The van der Waals surface area contributed by atoms with Gasteiger partial charge in [-0.25, -0.2) is 38.7 Å². The summed E-state index contributed by atoms with van der Waals surface area (Å²) in [6.07, 6.45) is 9.39. The maximum Gasteiger partial charge on any atom is 0.255 e. The number of rotatable bonds is 15. The molecular weight excluding hydrogens is 971 g/mol. The van der Waals surface area contributed by atoms with Gasteiger partial charge in [-0.05, 0) is 56.3 Å². The number of nitriles is 2. The van der Waals surface area contributed by atoms with Crippen LogP contribution in [0.5, 0.6) is 0 Å². The van der Waals surface area contributed by atoms with Crippen molar-refractivity contribution in [1.82, 2.24) is 69.6 Å². The van der Waals surface area contributed by atoms with Crippen LogP contribution in [0.3, 0.4) is 0 Å². The van der Waals surface area contributed by atoms with E-state index < -0.39 is 32.0 Å². The standard InChI is InChI=1S/C28H31FN8O3Si.C22H17FN8O2/c1-17(28-33-19(8-9-30)15-40-28)32-27(38)21-14-37(16-39-10-11-41(3,4)5)26-25(21)34-22(13-31-26)24-20-7-6-18(29)12-23(20)36(2)35-24;1-11(22-28-13(5-6-24)10-33-22)27-21(32)15-8-25-20-19(15)29-16(9-26-20)18-14-4-3-12(23)7-17(14)31(2)30-18/h6-7,12-15,17H,8,10-11,16H2,1-5H3,(H,32,38);3-4,7-11H,5H2,1-2H3,(H,25,26)(H,27,32)/t17-;11-/m11/s1. The topological polar surface area (TPSA) is 275 Å². The molecule has 10 rings (SSSR count). The average Bonchev–Trinajstić information content (AvgIpc) is 4.25. The lowest BCUT2D eigenvalue weighted by atomic mass is 10.1. The highest BCUT2D eigenvalue weighted by atomic mass is 28.3. The largest absolute Gasteiger partial charge is 0.446 e. The SMILES string of the molecule is C[C@@H](NC(=O)c1c[nH]c2ncc(-c3nn(C)c4cc(F)ccc34)nc12)c1nc(CC#N)co1.C[C@@H](NC(=O)c1cn(COCC[Si](C)(C)C)c2ncc(-c3nn(C)c4cc(F)ccc34)nc12)c1nc(CC#N)co1. The lowest BCUT2D eigenvalue weighted by Gasteiger charge is -2.15. The van der Waals surface area contributed by atoms with E-state index in [1.807, 2.05) is 12.1 Å². The first-order valence-electron chi connectivity index (χ1n) is 23.3. The zero-order chi connectivity index (χ0) is 52.4. The number of aryl methyl sites for hydroxylation is 2. The molecule has 8 heterocycles. The monoisotopic (exact) mass is 1020 g/mol. The summed E-state index contributed by atoms with van der Waals surface area (Å²) in [5.41, 5.74) is 6.45. The van der Waals surface area contributed by atoms with E-state index >= 15 is 0 Å². The number of amides is 2. The zero-order valence-corrected chi connectivity index (χ0v) is 42.2. The van der Waals surface area contributed by atoms with Crippen LogP contribution in [-0.4, -0.2) is 85.5 Å². The number of halogens is 2. The molecule has 10 aromatic rings. The van der Waals surface area contributed by atoms with E-state index in [1.165, 1.54) is 43.0 Å². The predicted octanol–water partition coefficient (Wildman–Crippen LogP) is 8.18. The van der Waals surface area contributed by atoms with Crippen molar-refractivity contribution in [3.05, 3.63) is 120 Å². The third-order valence-electron chi connectivity index (χ3n) is 11.9. The van der Waals surface area contributed by atoms with Crippen molar-refractivity contribution >= 4 is 64.0 Å². The van der Waals surface area contributed by atoms with Crippen molar-refractivity contribution in [1.29, 1.82) is 10.5 Å². The van der Waals surface area contributed by atoms with Crippen LogP contribution in [0.15, 0.2) is 82.5 Å². The van der Waals surface area contributed by atoms with Crippen LogP contribution in [0.25, 0.3) is 66.9 Å². The van der Waals surface area contributed by atoms with Gasteiger partial charge in [0.2, 0.25) is 11.8 Å². The van der Waals surface area contributed by atoms with Gasteiger partial charge in [0.15, 0.2) is 11.3 Å². The summed E-state index contributed by atoms with van der Waals surface area (Å²) >= 11 is 0. The maximum absolute atomic E-state index is 13.9. The Morgan fingerprint density at radius 2 is 1.30 bits per heavy atom. The van der Waals surface area contributed by atoms with Crippen molar-refractivity contribution < 1.29 is 31.9 Å². The number of benzene rings is 2. The number of ether oxygens (including phenoxy) is 1. The molecule has 0 aliphatic heterocycles. The van der Waals surface area contributed by atoms with Gasteiger partial charge in [-0.2, -0.15) is 20.7 Å². The molecule has 21 nitrogen and oxygen atoms in total. The smallest absolute Gasteiger partial charge is 0.255 e. The number of hydrogen-bond donors (Lipinski definition) is 3. The molecule has 24 heteroatoms. The Bertz CT molecular complexity index is 3830. The van der Waals surface area contributed by atoms with Crippen LogP contribution >= 0.6 is 0 Å². The van der Waals surface area contributed by atoms with E-state index in [0.29, 0.717) is 102 Å². The molecular formula is C50H48F2N16O5Si. The van der Waals surface area contributed by atoms with Crippen LogP contribution in [0.4, 0.5) is 8.78 Å². The van der Waals surface area contributed by atoms with Crippen LogP contribution < -0.4 is 10.6 Å². The maximum atomic E-state index is 13.9. The summed E-state index contributed by atoms with van der Waals surface area (Å²) in [5.74, 6) is -0.925. The Balaban J connectivity index is 0.000000186. The van der Waals surface area contributed by atoms with Crippen molar-refractivity contribution in [2.24, 2.45) is 14.1 Å². The van der Waals surface area contributed by atoms with Crippen LogP contribution in [0.1, 0.15) is 69.8 Å². The lowest BCUT2D eigenvalue weighted by molar-refractivity contribution is 0.0888. The number of H-pyrrole nitrogens is 1. The normalized spacial score (nSPS) is 12.4. The highest BCUT2D eigenvalue weighted by molar-refractivity contribution is 6.76. The number of hydrogen-bond acceptors (Lipinski definition) is 15. The zero-order valence-electron chi connectivity index (χ0n) is 41.2. The van der Waals surface area contributed by atoms with E-state index in [4.69, 9.17) is 29.1 Å². The van der Waals surface area contributed by atoms with Gasteiger partial charge in [-0.15, -0.1) is 0 Å². The Labute approximate surface area is 421 Å². The Hall–Kier alpha value is -9.00. The molecule has 0 bridgehead atoms. The van der Waals surface area contributed by atoms with Gasteiger partial charge in [0, 0.05) is 51.9 Å². The van der Waals surface area contributed by atoms with Gasteiger partial charge in [-0.1, -0.05) is 19.6 Å². The number of carbonyl (C=O) groups excluding carboxylic acids is 2. The van der Waals surface area contributed by atoms with Gasteiger partial charge in [0.25, 0.3) is 11.8 Å². The molecule has 0 fully saturated rings. The van der Waals surface area contributed by atoms with E-state index in [9.17, 15) is 18.4 Å². The Kier molecular flexibility index (Phi) is 13.9. The molecule has 0 spiro atoms. The number of carbonyl (C=O) groups is 2. The third kappa shape index (κ3) is 10.5. The first-order chi connectivity index (χ1) is 35.5. The minimum atomic E-state index is -1.28. The Morgan fingerprint density at radius 1 is 0.770 bits per heavy atom. The number of fused-ring (bicyclic) bond motifs is 4. The molecule has 2 atom stereocenters. The molecule has 74 heavy (non-hydrogen) atoms. The van der Waals surface area contributed by atoms with E-state index in [0.717, 1.165) is 11.4 Å². The van der Waals surface area contributed by atoms with Gasteiger partial charge < -0.3 is 33.8 Å². The van der Waals surface area contributed by atoms with Gasteiger partial charge in [-0.3, -0.25) is 19.0 Å². The lowest BCUT2D eigenvalue weighted by Crippen LogP contribution is -2.27. The molecule has 0 saturated heterocycles. The predicted molar refractivity (Wildman–Crippen MR) is 268 cm³/mol. The number of oxazole rings is 2. The molecule has 8 aromatic heterocycles. The second-order valence-electron chi connectivity index (χ2n) is 18.6. The highest BCUT2D eigenvalue weighted by Gasteiger charge is 2.25. The summed E-state index contributed by atoms with van der Waals surface area (Å²) in [5, 5.41) is 33.9. The Morgan fingerprint density at radius 3 is 1.84 bits per heavy atom. The minimum absolute atomic E-state index is 0.114. The van der Waals surface area contributed by atoms with E-state index in [2.05, 4.69) is 70.4 Å². The highest BCUT2D eigenvalue weighted by Crippen LogP contribution is 2.31. The number of aromatic nitrogens is 12. The third-order valence-corrected chi connectivity index (χ3v) is 13.6. The summed E-state index contributed by atoms with van der Waals surface area (Å²) in [4.78, 5) is 56.4. The summed E-state index contributed by atoms with van der Waals surface area (Å²) in [7, 11) is 2.18. The molecule has 0 aliphatic rings. The summed E-state index contributed by atoms with van der Waals surface area (Å²) in [6, 6.07) is 12.8. The fourth-order valence-corrected chi connectivity index (χ4v) is 8.79. The number of nitrogens with one attached hydrogen (secondary N) is 3. The molecule has 2 aromatic carbocycles. The molecule has 0 unspecified atom stereocenters. The van der Waals surface area contributed by atoms with E-state index in [-0.39, 0.29) is 31.2 Å². The molecule has 0 radical (unpaired) electrons. The fraction of sp³-hybridized carbons (Fsp3) is 0.280. The van der Waals surface area contributed by atoms with Crippen LogP contribution in [-0.2, 0) is 38.4 Å². The van der Waals surface area contributed by atoms with Crippen molar-refractivity contribution in [3.8, 4) is 34.9 Å². The second kappa shape index (κ2) is 20.6. The second-order valence-corrected chi connectivity index (χ2v) is 24.2.